The zero-order chi connectivity index (χ0) is 47.0. The van der Waals surface area contributed by atoms with Gasteiger partial charge in [-0.3, -0.25) is 0 Å². The molecule has 0 bridgehead atoms. The highest BCUT2D eigenvalue weighted by Crippen LogP contribution is 2.58. The molecule has 3 aliphatic rings. The Balaban J connectivity index is 1.01. The van der Waals surface area contributed by atoms with Gasteiger partial charge in [0.2, 0.25) is 0 Å². The molecule has 0 radical (unpaired) electrons. The van der Waals surface area contributed by atoms with E-state index in [0.717, 1.165) is 22.3 Å². The summed E-state index contributed by atoms with van der Waals surface area (Å²) in [6.45, 7) is 0. The summed E-state index contributed by atoms with van der Waals surface area (Å²) in [7, 11) is 0. The minimum absolute atomic E-state index is 0.0409. The SMILES string of the molecule is Oc1ccc([C@@H]2Oc3ccc(/C=C/c4cc(O)cc5c4[C@@H](c4cc(O)cc(O)c4)[C@H](c4ccc(O)cc4)O5)cc3[C@H]2c2cc(O)c3c(c2)O[C@@H](c2ccc(O)cc2)[C@@H]3c2cc(O)cc(O)c2)cc1. The Labute approximate surface area is 389 Å². The van der Waals surface area contributed by atoms with E-state index in [1.54, 1.807) is 97.1 Å². The summed E-state index contributed by atoms with van der Waals surface area (Å²) in [5.41, 5.74) is 7.22. The molecular weight excluding hydrogens is 865 g/mol. The Morgan fingerprint density at radius 2 is 0.735 bits per heavy atom. The summed E-state index contributed by atoms with van der Waals surface area (Å²) in [6, 6.07) is 41.0. The third-order valence-electron chi connectivity index (χ3n) is 13.0. The second-order valence-corrected chi connectivity index (χ2v) is 17.4. The van der Waals surface area contributed by atoms with Crippen molar-refractivity contribution in [3.8, 4) is 69.0 Å². The molecule has 0 aromatic heterocycles. The predicted molar refractivity (Wildman–Crippen MR) is 251 cm³/mol. The molecule has 0 saturated carbocycles. The topological polar surface area (TPSA) is 210 Å². The molecule has 6 atom stereocenters. The van der Waals surface area contributed by atoms with Gasteiger partial charge in [-0.05, 0) is 136 Å². The highest BCUT2D eigenvalue weighted by Gasteiger charge is 2.43. The van der Waals surface area contributed by atoms with Gasteiger partial charge < -0.3 is 60.2 Å². The van der Waals surface area contributed by atoms with Crippen LogP contribution in [0.25, 0.3) is 12.2 Å². The molecule has 3 aliphatic heterocycles. The van der Waals surface area contributed by atoms with Gasteiger partial charge in [-0.1, -0.05) is 54.6 Å². The average Bonchev–Trinajstić information content (AvgIpc) is 4.00. The van der Waals surface area contributed by atoms with Gasteiger partial charge in [0.05, 0.1) is 17.8 Å². The smallest absolute Gasteiger partial charge is 0.135 e. The zero-order valence-electron chi connectivity index (χ0n) is 35.8. The maximum Gasteiger partial charge on any atom is 0.135 e. The first-order valence-electron chi connectivity index (χ1n) is 21.8. The normalized spacial score (nSPS) is 20.0. The Bertz CT molecular complexity index is 3250. The van der Waals surface area contributed by atoms with Gasteiger partial charge in [0.25, 0.3) is 0 Å². The third kappa shape index (κ3) is 7.47. The number of aromatic hydroxyl groups is 9. The number of rotatable bonds is 8. The molecule has 68 heavy (non-hydrogen) atoms. The molecule has 0 fully saturated rings. The lowest BCUT2D eigenvalue weighted by Gasteiger charge is -2.22. The van der Waals surface area contributed by atoms with Gasteiger partial charge >= 0.3 is 0 Å². The summed E-state index contributed by atoms with van der Waals surface area (Å²) in [5, 5.41) is 95.8. The van der Waals surface area contributed by atoms with Crippen molar-refractivity contribution >= 4 is 12.2 Å². The molecule has 9 N–H and O–H groups in total. The molecule has 12 nitrogen and oxygen atoms in total. The molecule has 338 valence electrons. The Hall–Kier alpha value is -8.90. The van der Waals surface area contributed by atoms with Crippen molar-refractivity contribution in [1.82, 2.24) is 0 Å². The maximum atomic E-state index is 12.1. The van der Waals surface area contributed by atoms with Crippen molar-refractivity contribution in [3.05, 3.63) is 213 Å². The minimum Gasteiger partial charge on any atom is -0.508 e. The van der Waals surface area contributed by atoms with Gasteiger partial charge in [-0.15, -0.1) is 0 Å². The van der Waals surface area contributed by atoms with E-state index in [1.165, 1.54) is 30.3 Å². The first-order chi connectivity index (χ1) is 32.8. The van der Waals surface area contributed by atoms with Crippen molar-refractivity contribution in [3.63, 3.8) is 0 Å². The lowest BCUT2D eigenvalue weighted by atomic mass is 9.81. The fourth-order valence-corrected chi connectivity index (χ4v) is 10.1. The van der Waals surface area contributed by atoms with E-state index in [9.17, 15) is 46.0 Å². The fraction of sp³-hybridized carbons (Fsp3) is 0.107. The van der Waals surface area contributed by atoms with Gasteiger partial charge in [-0.25, -0.2) is 0 Å². The van der Waals surface area contributed by atoms with Crippen LogP contribution < -0.4 is 14.2 Å². The van der Waals surface area contributed by atoms with Crippen LogP contribution in [0.4, 0.5) is 0 Å². The van der Waals surface area contributed by atoms with E-state index >= 15 is 0 Å². The molecule has 11 rings (SSSR count). The number of hydrogen-bond acceptors (Lipinski definition) is 12. The van der Waals surface area contributed by atoms with Crippen LogP contribution in [0.2, 0.25) is 0 Å². The van der Waals surface area contributed by atoms with Crippen molar-refractivity contribution < 1.29 is 60.2 Å². The van der Waals surface area contributed by atoms with E-state index in [2.05, 4.69) is 0 Å². The van der Waals surface area contributed by atoms with Crippen LogP contribution in [0, 0.1) is 0 Å². The minimum atomic E-state index is -0.719. The highest BCUT2D eigenvalue weighted by molar-refractivity contribution is 5.76. The van der Waals surface area contributed by atoms with Gasteiger partial charge in [0, 0.05) is 34.9 Å². The number of phenolic OH excluding ortho intramolecular Hbond substituents is 9. The summed E-state index contributed by atoms with van der Waals surface area (Å²) >= 11 is 0. The van der Waals surface area contributed by atoms with Crippen LogP contribution in [0.5, 0.6) is 69.0 Å². The highest BCUT2D eigenvalue weighted by atomic mass is 16.5. The molecular formula is C56H42O12. The summed E-state index contributed by atoms with van der Waals surface area (Å²) in [5.74, 6) is -0.860. The van der Waals surface area contributed by atoms with Crippen molar-refractivity contribution in [1.29, 1.82) is 0 Å². The number of hydrogen-bond donors (Lipinski definition) is 9. The van der Waals surface area contributed by atoms with E-state index in [0.29, 0.717) is 56.2 Å². The Morgan fingerprint density at radius 1 is 0.309 bits per heavy atom. The Kier molecular flexibility index (Phi) is 9.96. The van der Waals surface area contributed by atoms with E-state index in [1.807, 2.05) is 36.4 Å². The standard InChI is InChI=1S/C56H42O12/c57-36-10-4-29(5-11-36)54-49(35-23-45(65)53-47(24-35)67-56(31-8-14-38(59)15-9-31)52(53)34-21-41(62)26-42(63)22-34)44-17-28(2-16-46(44)66-54)1-3-32-18-43(64)27-48-50(32)51(33-19-39(60)25-40(61)20-33)55(68-48)30-6-12-37(58)13-7-30/h1-27,49,51-52,54-65H/b3-1+/t49-,51-,52-,54+,55+,56+/m1/s1. The zero-order valence-corrected chi connectivity index (χ0v) is 35.8. The van der Waals surface area contributed by atoms with Crippen molar-refractivity contribution in [2.24, 2.45) is 0 Å². The van der Waals surface area contributed by atoms with Gasteiger partial charge in [0.15, 0.2) is 0 Å². The number of benzene rings is 8. The first-order valence-corrected chi connectivity index (χ1v) is 21.8. The summed E-state index contributed by atoms with van der Waals surface area (Å²) < 4.78 is 19.9. The lowest BCUT2D eigenvalue weighted by Crippen LogP contribution is -2.11. The third-order valence-corrected chi connectivity index (χ3v) is 13.0. The fourth-order valence-electron chi connectivity index (χ4n) is 10.1. The van der Waals surface area contributed by atoms with Crippen LogP contribution in [-0.4, -0.2) is 46.0 Å². The molecule has 0 amide bonds. The number of ether oxygens (including phenoxy) is 3. The van der Waals surface area contributed by atoms with Crippen LogP contribution in [-0.2, 0) is 0 Å². The molecule has 0 aliphatic carbocycles. The average molecular weight is 907 g/mol. The molecule has 0 unspecified atom stereocenters. The van der Waals surface area contributed by atoms with E-state index in [4.69, 9.17) is 14.2 Å². The van der Waals surface area contributed by atoms with Crippen LogP contribution >= 0.6 is 0 Å². The second-order valence-electron chi connectivity index (χ2n) is 17.4. The van der Waals surface area contributed by atoms with Gasteiger partial charge in [0.1, 0.15) is 87.3 Å². The monoisotopic (exact) mass is 906 g/mol. The van der Waals surface area contributed by atoms with Crippen LogP contribution in [0.15, 0.2) is 152 Å². The largest absolute Gasteiger partial charge is 0.508 e. The molecule has 3 heterocycles. The molecule has 0 spiro atoms. The number of phenols is 9. The Morgan fingerprint density at radius 3 is 1.25 bits per heavy atom. The number of fused-ring (bicyclic) bond motifs is 3. The molecule has 8 aromatic carbocycles. The van der Waals surface area contributed by atoms with Crippen LogP contribution in [0.3, 0.4) is 0 Å². The quantitative estimate of drug-likeness (QED) is 0.0652. The van der Waals surface area contributed by atoms with Gasteiger partial charge in [-0.2, -0.15) is 0 Å². The summed E-state index contributed by atoms with van der Waals surface area (Å²) in [6.07, 6.45) is 1.77. The summed E-state index contributed by atoms with van der Waals surface area (Å²) in [4.78, 5) is 0. The molecule has 12 heteroatoms. The predicted octanol–water partition coefficient (Wildman–Crippen LogP) is 11.0. The van der Waals surface area contributed by atoms with Crippen LogP contribution in [0.1, 0.15) is 97.3 Å². The van der Waals surface area contributed by atoms with E-state index in [-0.39, 0.29) is 51.7 Å². The molecule has 8 aromatic rings. The van der Waals surface area contributed by atoms with Crippen molar-refractivity contribution in [2.75, 3.05) is 0 Å². The van der Waals surface area contributed by atoms with E-state index < -0.39 is 36.1 Å². The van der Waals surface area contributed by atoms with Crippen molar-refractivity contribution in [2.45, 2.75) is 36.1 Å². The first kappa shape index (κ1) is 41.8. The molecule has 0 saturated heterocycles. The lowest BCUT2D eigenvalue weighted by molar-refractivity contribution is 0.218. The second kappa shape index (κ2) is 16.2. The maximum absolute atomic E-state index is 12.1.